The maximum Gasteiger partial charge on any atom is 0.231 e. The van der Waals surface area contributed by atoms with Crippen LogP contribution in [0.2, 0.25) is 5.02 Å². The van der Waals surface area contributed by atoms with Gasteiger partial charge in [0.25, 0.3) is 0 Å². The van der Waals surface area contributed by atoms with Gasteiger partial charge in [0, 0.05) is 27.6 Å². The van der Waals surface area contributed by atoms with Crippen molar-refractivity contribution in [2.24, 2.45) is 0 Å². The number of hydrogen-bond donors (Lipinski definition) is 1. The van der Waals surface area contributed by atoms with E-state index in [1.807, 2.05) is 36.4 Å². The van der Waals surface area contributed by atoms with Crippen LogP contribution in [0.15, 0.2) is 40.9 Å². The molecular weight excluding hydrogens is 354 g/mol. The molecular formula is C16H15BrClNO2. The Hall–Kier alpha value is -1.23. The first-order chi connectivity index (χ1) is 10.1. The van der Waals surface area contributed by atoms with E-state index in [2.05, 4.69) is 28.2 Å². The van der Waals surface area contributed by atoms with Crippen LogP contribution in [0.25, 0.3) is 0 Å². The highest BCUT2D eigenvalue weighted by Crippen LogP contribution is 2.35. The molecule has 0 bridgehead atoms. The van der Waals surface area contributed by atoms with Gasteiger partial charge in [0.05, 0.1) is 0 Å². The summed E-state index contributed by atoms with van der Waals surface area (Å²) < 4.78 is 11.9. The molecule has 1 unspecified atom stereocenters. The zero-order valence-electron chi connectivity index (χ0n) is 11.5. The van der Waals surface area contributed by atoms with Gasteiger partial charge in [0.2, 0.25) is 6.79 Å². The second-order valence-corrected chi connectivity index (χ2v) is 6.24. The van der Waals surface area contributed by atoms with Crippen LogP contribution in [-0.2, 0) is 6.54 Å². The van der Waals surface area contributed by atoms with E-state index in [9.17, 15) is 0 Å². The minimum absolute atomic E-state index is 0.142. The molecule has 0 amide bonds. The Kier molecular flexibility index (Phi) is 4.38. The van der Waals surface area contributed by atoms with Crippen LogP contribution >= 0.6 is 27.5 Å². The summed E-state index contributed by atoms with van der Waals surface area (Å²) in [4.78, 5) is 0. The third-order valence-electron chi connectivity index (χ3n) is 3.51. The maximum absolute atomic E-state index is 6.29. The number of nitrogens with one attached hydrogen (secondary N) is 1. The van der Waals surface area contributed by atoms with Gasteiger partial charge in [-0.25, -0.2) is 0 Å². The fourth-order valence-electron chi connectivity index (χ4n) is 2.36. The van der Waals surface area contributed by atoms with E-state index in [4.69, 9.17) is 21.1 Å². The van der Waals surface area contributed by atoms with Crippen LogP contribution in [0.3, 0.4) is 0 Å². The summed E-state index contributed by atoms with van der Waals surface area (Å²) in [7, 11) is 0. The molecule has 1 N–H and O–H groups in total. The van der Waals surface area contributed by atoms with Gasteiger partial charge in [-0.1, -0.05) is 45.7 Å². The predicted octanol–water partition coefficient (Wildman–Crippen LogP) is 4.68. The van der Waals surface area contributed by atoms with Crippen molar-refractivity contribution in [2.75, 3.05) is 6.79 Å². The molecule has 0 radical (unpaired) electrons. The molecule has 0 saturated heterocycles. The van der Waals surface area contributed by atoms with Crippen LogP contribution in [0.5, 0.6) is 11.5 Å². The second-order valence-electron chi connectivity index (χ2n) is 4.92. The molecule has 0 saturated carbocycles. The quantitative estimate of drug-likeness (QED) is 0.850. The molecule has 5 heteroatoms. The SMILES string of the molecule is CC(NCc1cccc2c1OCO2)c1ccc(Br)cc1Cl. The molecule has 0 fully saturated rings. The molecule has 1 atom stereocenters. The molecule has 0 aliphatic carbocycles. The zero-order chi connectivity index (χ0) is 14.8. The van der Waals surface area contributed by atoms with E-state index in [1.165, 1.54) is 0 Å². The lowest BCUT2D eigenvalue weighted by atomic mass is 10.1. The fraction of sp³-hybridized carbons (Fsp3) is 0.250. The molecule has 3 nitrogen and oxygen atoms in total. The molecule has 110 valence electrons. The molecule has 1 aliphatic heterocycles. The van der Waals surface area contributed by atoms with E-state index in [0.717, 1.165) is 32.1 Å². The molecule has 0 aromatic heterocycles. The Morgan fingerprint density at radius 2 is 2.14 bits per heavy atom. The number of para-hydroxylation sites is 1. The van der Waals surface area contributed by atoms with Gasteiger partial charge in [0.15, 0.2) is 11.5 Å². The van der Waals surface area contributed by atoms with Gasteiger partial charge in [-0.3, -0.25) is 0 Å². The van der Waals surface area contributed by atoms with Crippen molar-refractivity contribution in [3.63, 3.8) is 0 Å². The molecule has 2 aromatic carbocycles. The van der Waals surface area contributed by atoms with Crippen molar-refractivity contribution in [3.8, 4) is 11.5 Å². The number of fused-ring (bicyclic) bond motifs is 1. The summed E-state index contributed by atoms with van der Waals surface area (Å²) in [6.45, 7) is 3.08. The number of halogens is 2. The van der Waals surface area contributed by atoms with Crippen molar-refractivity contribution in [2.45, 2.75) is 19.5 Å². The van der Waals surface area contributed by atoms with E-state index in [1.54, 1.807) is 0 Å². The van der Waals surface area contributed by atoms with Gasteiger partial charge < -0.3 is 14.8 Å². The van der Waals surface area contributed by atoms with Crippen molar-refractivity contribution in [3.05, 3.63) is 57.0 Å². The van der Waals surface area contributed by atoms with Crippen molar-refractivity contribution in [1.82, 2.24) is 5.32 Å². The normalized spacial score (nSPS) is 14.2. The first-order valence-electron chi connectivity index (χ1n) is 6.71. The minimum Gasteiger partial charge on any atom is -0.454 e. The molecule has 1 heterocycles. The Morgan fingerprint density at radius 1 is 1.29 bits per heavy atom. The minimum atomic E-state index is 0.142. The van der Waals surface area contributed by atoms with Crippen molar-refractivity contribution in [1.29, 1.82) is 0 Å². The third kappa shape index (κ3) is 3.18. The van der Waals surface area contributed by atoms with E-state index < -0.39 is 0 Å². The Morgan fingerprint density at radius 3 is 2.95 bits per heavy atom. The molecule has 0 spiro atoms. The highest BCUT2D eigenvalue weighted by Gasteiger charge is 2.18. The van der Waals surface area contributed by atoms with E-state index >= 15 is 0 Å². The van der Waals surface area contributed by atoms with Gasteiger partial charge >= 0.3 is 0 Å². The van der Waals surface area contributed by atoms with Crippen LogP contribution in [0.1, 0.15) is 24.1 Å². The van der Waals surface area contributed by atoms with Crippen LogP contribution < -0.4 is 14.8 Å². The van der Waals surface area contributed by atoms with E-state index in [0.29, 0.717) is 13.3 Å². The Bertz CT molecular complexity index is 663. The van der Waals surface area contributed by atoms with Crippen molar-refractivity contribution < 1.29 is 9.47 Å². The first-order valence-corrected chi connectivity index (χ1v) is 7.88. The summed E-state index contributed by atoms with van der Waals surface area (Å²) in [5.74, 6) is 1.64. The van der Waals surface area contributed by atoms with Crippen LogP contribution in [-0.4, -0.2) is 6.79 Å². The lowest BCUT2D eigenvalue weighted by Gasteiger charge is -2.16. The fourth-order valence-corrected chi connectivity index (χ4v) is 3.19. The van der Waals surface area contributed by atoms with Crippen LogP contribution in [0.4, 0.5) is 0 Å². The molecule has 21 heavy (non-hydrogen) atoms. The number of hydrogen-bond acceptors (Lipinski definition) is 3. The summed E-state index contributed by atoms with van der Waals surface area (Å²) in [6.07, 6.45) is 0. The number of rotatable bonds is 4. The van der Waals surface area contributed by atoms with E-state index in [-0.39, 0.29) is 6.04 Å². The molecule has 2 aromatic rings. The largest absolute Gasteiger partial charge is 0.454 e. The summed E-state index contributed by atoms with van der Waals surface area (Å²) in [6, 6.07) is 12.0. The van der Waals surface area contributed by atoms with Gasteiger partial charge in [-0.05, 0) is 30.7 Å². The average molecular weight is 369 g/mol. The van der Waals surface area contributed by atoms with Gasteiger partial charge in [-0.2, -0.15) is 0 Å². The predicted molar refractivity (Wildman–Crippen MR) is 87.0 cm³/mol. The Labute approximate surface area is 137 Å². The molecule has 3 rings (SSSR count). The highest BCUT2D eigenvalue weighted by atomic mass is 79.9. The van der Waals surface area contributed by atoms with Crippen LogP contribution in [0, 0.1) is 0 Å². The number of benzene rings is 2. The lowest BCUT2D eigenvalue weighted by Crippen LogP contribution is -2.18. The standard InChI is InChI=1S/C16H15BrClNO2/c1-10(13-6-5-12(17)7-14(13)18)19-8-11-3-2-4-15-16(11)21-9-20-15/h2-7,10,19H,8-9H2,1H3. The van der Waals surface area contributed by atoms with Gasteiger partial charge in [-0.15, -0.1) is 0 Å². The monoisotopic (exact) mass is 367 g/mol. The topological polar surface area (TPSA) is 30.5 Å². The van der Waals surface area contributed by atoms with Gasteiger partial charge in [0.1, 0.15) is 0 Å². The lowest BCUT2D eigenvalue weighted by molar-refractivity contribution is 0.173. The highest BCUT2D eigenvalue weighted by molar-refractivity contribution is 9.10. The first kappa shape index (κ1) is 14.7. The average Bonchev–Trinajstić information content (AvgIpc) is 2.93. The van der Waals surface area contributed by atoms with Crippen molar-refractivity contribution >= 4 is 27.5 Å². The third-order valence-corrected chi connectivity index (χ3v) is 4.33. The Balaban J connectivity index is 1.72. The summed E-state index contributed by atoms with van der Waals surface area (Å²) in [5.41, 5.74) is 2.16. The number of ether oxygens (including phenoxy) is 2. The zero-order valence-corrected chi connectivity index (χ0v) is 13.9. The maximum atomic E-state index is 6.29. The second kappa shape index (κ2) is 6.26. The smallest absolute Gasteiger partial charge is 0.231 e. The summed E-state index contributed by atoms with van der Waals surface area (Å²) >= 11 is 9.70. The summed E-state index contributed by atoms with van der Waals surface area (Å²) in [5, 5.41) is 4.22. The molecule has 1 aliphatic rings.